The van der Waals surface area contributed by atoms with E-state index in [0.717, 1.165) is 38.4 Å². The highest BCUT2D eigenvalue weighted by atomic mass is 32.1. The Bertz CT molecular complexity index is 559. The number of amides is 1. The lowest BCUT2D eigenvalue weighted by Crippen LogP contribution is -2.46. The number of nitrogens with two attached hydrogens (primary N) is 1. The fourth-order valence-corrected chi connectivity index (χ4v) is 5.09. The van der Waals surface area contributed by atoms with Crippen LogP contribution in [0.25, 0.3) is 0 Å². The van der Waals surface area contributed by atoms with Gasteiger partial charge in [0.05, 0.1) is 12.2 Å². The topological polar surface area (TPSA) is 71.2 Å². The average Bonchev–Trinajstić information content (AvgIpc) is 2.95. The first-order valence-electron chi connectivity index (χ1n) is 9.34. The maximum atomic E-state index is 11.7. The molecule has 2 heterocycles. The first kappa shape index (κ1) is 17.8. The number of carbonyl (C=O) groups is 1. The van der Waals surface area contributed by atoms with Gasteiger partial charge in [-0.15, -0.1) is 11.3 Å². The van der Waals surface area contributed by atoms with Gasteiger partial charge in [0.2, 0.25) is 5.91 Å². The van der Waals surface area contributed by atoms with Gasteiger partial charge in [-0.05, 0) is 44.6 Å². The predicted molar refractivity (Wildman–Crippen MR) is 98.0 cm³/mol. The van der Waals surface area contributed by atoms with Crippen LogP contribution in [0.1, 0.15) is 54.6 Å². The molecule has 1 amide bonds. The summed E-state index contributed by atoms with van der Waals surface area (Å²) in [6.45, 7) is 5.54. The highest BCUT2D eigenvalue weighted by Crippen LogP contribution is 2.31. The molecule has 2 atom stereocenters. The van der Waals surface area contributed by atoms with E-state index < -0.39 is 0 Å². The summed E-state index contributed by atoms with van der Waals surface area (Å²) in [6, 6.07) is 0.431. The third-order valence-electron chi connectivity index (χ3n) is 5.22. The van der Waals surface area contributed by atoms with Crippen LogP contribution in [-0.2, 0) is 24.2 Å². The molecule has 0 bridgehead atoms. The number of fused-ring (bicyclic) bond motifs is 1. The molecule has 2 unspecified atom stereocenters. The van der Waals surface area contributed by atoms with E-state index in [1.807, 2.05) is 11.3 Å². The minimum absolute atomic E-state index is 0.0710. The van der Waals surface area contributed by atoms with E-state index in [9.17, 15) is 4.79 Å². The monoisotopic (exact) mass is 350 g/mol. The molecular formula is C18H30N4OS. The van der Waals surface area contributed by atoms with Crippen LogP contribution in [-0.4, -0.2) is 41.5 Å². The molecule has 1 aromatic rings. The number of hydrogen-bond acceptors (Lipinski definition) is 5. The molecule has 1 aliphatic carbocycles. The molecule has 3 rings (SSSR count). The van der Waals surface area contributed by atoms with Gasteiger partial charge in [-0.25, -0.2) is 4.98 Å². The van der Waals surface area contributed by atoms with Crippen molar-refractivity contribution in [2.75, 3.05) is 19.6 Å². The second-order valence-corrected chi connectivity index (χ2v) is 8.46. The van der Waals surface area contributed by atoms with Crippen LogP contribution in [0.5, 0.6) is 0 Å². The van der Waals surface area contributed by atoms with Crippen molar-refractivity contribution in [2.24, 2.45) is 11.7 Å². The normalized spacial score (nSPS) is 24.6. The smallest absolute Gasteiger partial charge is 0.221 e. The largest absolute Gasteiger partial charge is 0.354 e. The standard InChI is InChI=1S/C18H30N4OS/c1-13-5-6-15-16(10-13)24-18(21-15)12-22-9-3-2-4-14(22)11-20-17(23)7-8-19/h13-14H,2-12,19H2,1H3,(H,20,23). The molecule has 1 saturated heterocycles. The third kappa shape index (κ3) is 4.55. The summed E-state index contributed by atoms with van der Waals surface area (Å²) in [7, 11) is 0. The Hall–Kier alpha value is -0.980. The molecule has 3 N–H and O–H groups in total. The number of aryl methyl sites for hydroxylation is 1. The Morgan fingerprint density at radius 1 is 1.42 bits per heavy atom. The Kier molecular flexibility index (Phi) is 6.25. The number of hydrogen-bond donors (Lipinski definition) is 2. The van der Waals surface area contributed by atoms with Crippen LogP contribution in [0.4, 0.5) is 0 Å². The molecule has 1 aliphatic heterocycles. The van der Waals surface area contributed by atoms with Crippen molar-refractivity contribution in [3.8, 4) is 0 Å². The van der Waals surface area contributed by atoms with Gasteiger partial charge in [0.25, 0.3) is 0 Å². The second-order valence-electron chi connectivity index (χ2n) is 7.29. The van der Waals surface area contributed by atoms with Crippen LogP contribution in [0.3, 0.4) is 0 Å². The molecule has 1 aromatic heterocycles. The lowest BCUT2D eigenvalue weighted by Gasteiger charge is -2.35. The first-order valence-corrected chi connectivity index (χ1v) is 10.2. The number of nitrogens with one attached hydrogen (secondary N) is 1. The molecule has 0 radical (unpaired) electrons. The van der Waals surface area contributed by atoms with Crippen molar-refractivity contribution in [2.45, 2.75) is 64.5 Å². The van der Waals surface area contributed by atoms with E-state index in [2.05, 4.69) is 17.1 Å². The van der Waals surface area contributed by atoms with Crippen LogP contribution in [0.15, 0.2) is 0 Å². The summed E-state index contributed by atoms with van der Waals surface area (Å²) >= 11 is 1.91. The van der Waals surface area contributed by atoms with Crippen molar-refractivity contribution in [3.63, 3.8) is 0 Å². The lowest BCUT2D eigenvalue weighted by molar-refractivity contribution is -0.121. The minimum atomic E-state index is 0.0710. The van der Waals surface area contributed by atoms with Crippen molar-refractivity contribution in [1.82, 2.24) is 15.2 Å². The summed E-state index contributed by atoms with van der Waals surface area (Å²) in [6.07, 6.45) is 7.69. The number of thiazole rings is 1. The first-order chi connectivity index (χ1) is 11.7. The maximum absolute atomic E-state index is 11.7. The van der Waals surface area contributed by atoms with Gasteiger partial charge in [0, 0.05) is 30.4 Å². The highest BCUT2D eigenvalue weighted by molar-refractivity contribution is 7.11. The molecule has 5 nitrogen and oxygen atoms in total. The third-order valence-corrected chi connectivity index (χ3v) is 6.33. The summed E-state index contributed by atoms with van der Waals surface area (Å²) in [4.78, 5) is 20.6. The van der Waals surface area contributed by atoms with Gasteiger partial charge in [-0.3, -0.25) is 9.69 Å². The van der Waals surface area contributed by atoms with Gasteiger partial charge >= 0.3 is 0 Å². The van der Waals surface area contributed by atoms with Gasteiger partial charge < -0.3 is 11.1 Å². The van der Waals surface area contributed by atoms with E-state index in [1.54, 1.807) is 0 Å². The Balaban J connectivity index is 1.58. The van der Waals surface area contributed by atoms with Gasteiger partial charge in [-0.2, -0.15) is 0 Å². The highest BCUT2D eigenvalue weighted by Gasteiger charge is 2.25. The fourth-order valence-electron chi connectivity index (χ4n) is 3.79. The zero-order chi connectivity index (χ0) is 16.9. The number of aromatic nitrogens is 1. The number of rotatable bonds is 6. The molecule has 24 heavy (non-hydrogen) atoms. The van der Waals surface area contributed by atoms with Gasteiger partial charge in [-0.1, -0.05) is 13.3 Å². The summed E-state index contributed by atoms with van der Waals surface area (Å²) in [5.74, 6) is 0.869. The Labute approximate surface area is 149 Å². The van der Waals surface area contributed by atoms with Crippen LogP contribution in [0.2, 0.25) is 0 Å². The predicted octanol–water partition coefficient (Wildman–Crippen LogP) is 2.09. The van der Waals surface area contributed by atoms with Crippen LogP contribution in [0, 0.1) is 5.92 Å². The Morgan fingerprint density at radius 2 is 2.29 bits per heavy atom. The summed E-state index contributed by atoms with van der Waals surface area (Å²) in [5, 5.41) is 4.30. The van der Waals surface area contributed by atoms with E-state index in [0.29, 0.717) is 19.0 Å². The molecule has 1 fully saturated rings. The minimum Gasteiger partial charge on any atom is -0.354 e. The van der Waals surface area contributed by atoms with Crippen molar-refractivity contribution < 1.29 is 4.79 Å². The molecular weight excluding hydrogens is 320 g/mol. The molecule has 0 aromatic carbocycles. The average molecular weight is 351 g/mol. The number of likely N-dealkylation sites (tertiary alicyclic amines) is 1. The molecule has 6 heteroatoms. The molecule has 0 spiro atoms. The number of nitrogens with zero attached hydrogens (tertiary/aromatic N) is 2. The lowest BCUT2D eigenvalue weighted by atomic mass is 9.93. The van der Waals surface area contributed by atoms with Crippen molar-refractivity contribution in [1.29, 1.82) is 0 Å². The number of carbonyl (C=O) groups excluding carboxylic acids is 1. The zero-order valence-electron chi connectivity index (χ0n) is 14.7. The molecule has 134 valence electrons. The molecule has 0 saturated carbocycles. The summed E-state index contributed by atoms with van der Waals surface area (Å²) in [5.41, 5.74) is 6.79. The van der Waals surface area contributed by atoms with E-state index in [4.69, 9.17) is 10.7 Å². The van der Waals surface area contributed by atoms with Crippen LogP contribution < -0.4 is 11.1 Å². The quantitative estimate of drug-likeness (QED) is 0.824. The van der Waals surface area contributed by atoms with E-state index in [-0.39, 0.29) is 5.91 Å². The van der Waals surface area contributed by atoms with Gasteiger partial charge in [0.1, 0.15) is 5.01 Å². The van der Waals surface area contributed by atoms with Gasteiger partial charge in [0.15, 0.2) is 0 Å². The van der Waals surface area contributed by atoms with E-state index in [1.165, 1.54) is 41.3 Å². The van der Waals surface area contributed by atoms with Crippen molar-refractivity contribution >= 4 is 17.2 Å². The zero-order valence-corrected chi connectivity index (χ0v) is 15.5. The fraction of sp³-hybridized carbons (Fsp3) is 0.778. The second kappa shape index (κ2) is 8.41. The summed E-state index contributed by atoms with van der Waals surface area (Å²) < 4.78 is 0. The van der Waals surface area contributed by atoms with Crippen LogP contribution >= 0.6 is 11.3 Å². The van der Waals surface area contributed by atoms with E-state index >= 15 is 0 Å². The number of piperidine rings is 1. The SMILES string of the molecule is CC1CCc2nc(CN3CCCCC3CNC(=O)CCN)sc2C1. The molecule has 2 aliphatic rings. The Morgan fingerprint density at radius 3 is 3.12 bits per heavy atom. The van der Waals surface area contributed by atoms with Crippen molar-refractivity contribution in [3.05, 3.63) is 15.6 Å². The maximum Gasteiger partial charge on any atom is 0.221 e.